The number of hydrogen-bond donors (Lipinski definition) is 0. The first-order valence-corrected chi connectivity index (χ1v) is 11.2. The van der Waals surface area contributed by atoms with Crippen LogP contribution < -0.4 is 4.74 Å². The molecule has 0 unspecified atom stereocenters. The van der Waals surface area contributed by atoms with Crippen molar-refractivity contribution >= 4 is 5.97 Å². The predicted octanol–water partition coefficient (Wildman–Crippen LogP) is 6.08. The maximum absolute atomic E-state index is 12.0. The molecule has 4 bridgehead atoms. The molecule has 0 heterocycles. The maximum atomic E-state index is 12.0. The number of methoxy groups -OCH3 is 1. The van der Waals surface area contributed by atoms with E-state index in [0.29, 0.717) is 17.4 Å². The van der Waals surface area contributed by atoms with Gasteiger partial charge in [-0.2, -0.15) is 0 Å². The molecule has 0 aliphatic heterocycles. The monoisotopic (exact) mass is 402 g/mol. The molecule has 0 radical (unpaired) electrons. The van der Waals surface area contributed by atoms with E-state index in [-0.39, 0.29) is 5.97 Å². The molecule has 4 aliphatic carbocycles. The van der Waals surface area contributed by atoms with E-state index in [0.717, 1.165) is 23.5 Å². The van der Waals surface area contributed by atoms with E-state index in [1.54, 1.807) is 19.2 Å². The molecular formula is C27H30O3. The largest absolute Gasteiger partial charge is 0.496 e. The van der Waals surface area contributed by atoms with Gasteiger partial charge in [0, 0.05) is 5.56 Å². The first-order valence-electron chi connectivity index (χ1n) is 11.2. The molecule has 4 aliphatic rings. The van der Waals surface area contributed by atoms with Crippen molar-refractivity contribution in [3.05, 3.63) is 77.6 Å². The zero-order valence-electron chi connectivity index (χ0n) is 17.7. The van der Waals surface area contributed by atoms with Crippen LogP contribution in [0.2, 0.25) is 0 Å². The summed E-state index contributed by atoms with van der Waals surface area (Å²) in [5.74, 6) is 3.46. The van der Waals surface area contributed by atoms with Gasteiger partial charge in [-0.15, -0.1) is 0 Å². The SMILES string of the molecule is COc1cc(CC=COC(=O)c2ccccc2)ccc1C12CC3CC(CC(C3)C1)C2. The van der Waals surface area contributed by atoms with Crippen molar-refractivity contribution in [3.8, 4) is 5.75 Å². The van der Waals surface area contributed by atoms with Gasteiger partial charge >= 0.3 is 5.97 Å². The van der Waals surface area contributed by atoms with Gasteiger partial charge in [0.2, 0.25) is 0 Å². The lowest BCUT2D eigenvalue weighted by molar-refractivity contribution is -0.00616. The molecule has 0 saturated heterocycles. The zero-order valence-corrected chi connectivity index (χ0v) is 17.7. The molecule has 6 rings (SSSR count). The lowest BCUT2D eigenvalue weighted by atomic mass is 9.48. The zero-order chi connectivity index (χ0) is 20.6. The van der Waals surface area contributed by atoms with Crippen LogP contribution in [0.4, 0.5) is 0 Å². The van der Waals surface area contributed by atoms with Crippen LogP contribution in [0.5, 0.6) is 5.75 Å². The van der Waals surface area contributed by atoms with Gasteiger partial charge < -0.3 is 9.47 Å². The Hall–Kier alpha value is -2.55. The van der Waals surface area contributed by atoms with Gasteiger partial charge in [-0.1, -0.05) is 30.3 Å². The van der Waals surface area contributed by atoms with Gasteiger partial charge in [0.05, 0.1) is 18.9 Å². The van der Waals surface area contributed by atoms with Gasteiger partial charge in [-0.05, 0) is 98.0 Å². The summed E-state index contributed by atoms with van der Waals surface area (Å²) < 4.78 is 11.1. The molecular weight excluding hydrogens is 372 g/mol. The molecule has 2 aromatic carbocycles. The standard InChI is InChI=1S/C27H30O3/c1-29-25-15-19(6-5-11-30-26(28)23-7-3-2-4-8-23)9-10-24(25)27-16-20-12-21(17-27)14-22(13-20)18-27/h2-5,7-11,15,20-22H,6,12-14,16-18H2,1H3. The van der Waals surface area contributed by atoms with Gasteiger partial charge in [0.1, 0.15) is 5.75 Å². The second-order valence-corrected chi connectivity index (χ2v) is 9.58. The number of carbonyl (C=O) groups excluding carboxylic acids is 1. The number of benzene rings is 2. The Morgan fingerprint density at radius 3 is 2.30 bits per heavy atom. The van der Waals surface area contributed by atoms with Crippen LogP contribution in [-0.4, -0.2) is 13.1 Å². The van der Waals surface area contributed by atoms with Crippen molar-refractivity contribution in [2.24, 2.45) is 17.8 Å². The first kappa shape index (κ1) is 19.4. The van der Waals surface area contributed by atoms with E-state index in [4.69, 9.17) is 9.47 Å². The van der Waals surface area contributed by atoms with Crippen molar-refractivity contribution in [3.63, 3.8) is 0 Å². The Balaban J connectivity index is 1.27. The van der Waals surface area contributed by atoms with Crippen LogP contribution in [0.15, 0.2) is 60.9 Å². The molecule has 3 nitrogen and oxygen atoms in total. The number of hydrogen-bond acceptors (Lipinski definition) is 3. The fraction of sp³-hybridized carbons (Fsp3) is 0.444. The smallest absolute Gasteiger partial charge is 0.342 e. The third kappa shape index (κ3) is 3.66. The van der Waals surface area contributed by atoms with Crippen LogP contribution in [0.1, 0.15) is 60.0 Å². The quantitative estimate of drug-likeness (QED) is 0.434. The summed E-state index contributed by atoms with van der Waals surface area (Å²) in [5, 5.41) is 0. The van der Waals surface area contributed by atoms with Gasteiger partial charge in [-0.3, -0.25) is 0 Å². The maximum Gasteiger partial charge on any atom is 0.342 e. The third-order valence-corrected chi connectivity index (χ3v) is 7.51. The van der Waals surface area contributed by atoms with Crippen LogP contribution in [-0.2, 0) is 16.6 Å². The Morgan fingerprint density at radius 2 is 1.67 bits per heavy atom. The second-order valence-electron chi connectivity index (χ2n) is 9.58. The molecule has 4 fully saturated rings. The average molecular weight is 403 g/mol. The van der Waals surface area contributed by atoms with E-state index in [1.165, 1.54) is 55.9 Å². The topological polar surface area (TPSA) is 35.5 Å². The number of ether oxygens (including phenoxy) is 2. The molecule has 0 N–H and O–H groups in total. The minimum atomic E-state index is -0.332. The van der Waals surface area contributed by atoms with Crippen LogP contribution in [0.3, 0.4) is 0 Å². The van der Waals surface area contributed by atoms with Gasteiger partial charge in [0.15, 0.2) is 0 Å². The van der Waals surface area contributed by atoms with Crippen LogP contribution in [0, 0.1) is 17.8 Å². The van der Waals surface area contributed by atoms with Crippen molar-refractivity contribution < 1.29 is 14.3 Å². The highest BCUT2D eigenvalue weighted by molar-refractivity contribution is 5.89. The fourth-order valence-electron chi connectivity index (χ4n) is 6.68. The highest BCUT2D eigenvalue weighted by Crippen LogP contribution is 2.61. The molecule has 0 amide bonds. The lowest BCUT2D eigenvalue weighted by Gasteiger charge is -2.57. The summed E-state index contributed by atoms with van der Waals surface area (Å²) >= 11 is 0. The number of rotatable bonds is 6. The number of allylic oxidation sites excluding steroid dienone is 1. The second kappa shape index (κ2) is 7.94. The summed E-state index contributed by atoms with van der Waals surface area (Å²) in [6.45, 7) is 0. The molecule has 3 heteroatoms. The fourth-order valence-corrected chi connectivity index (χ4v) is 6.68. The average Bonchev–Trinajstić information content (AvgIpc) is 2.76. The van der Waals surface area contributed by atoms with E-state index in [2.05, 4.69) is 18.2 Å². The van der Waals surface area contributed by atoms with Crippen LogP contribution >= 0.6 is 0 Å². The molecule has 0 spiro atoms. The summed E-state index contributed by atoms with van der Waals surface area (Å²) in [6.07, 6.45) is 12.5. The predicted molar refractivity (Wildman–Crippen MR) is 118 cm³/mol. The first-order chi connectivity index (χ1) is 14.6. The van der Waals surface area contributed by atoms with Gasteiger partial charge in [0.25, 0.3) is 0 Å². The summed E-state index contributed by atoms with van der Waals surface area (Å²) in [5.41, 5.74) is 3.49. The Labute approximate surface area is 179 Å². The molecule has 2 aromatic rings. The van der Waals surface area contributed by atoms with E-state index >= 15 is 0 Å². The van der Waals surface area contributed by atoms with Crippen LogP contribution in [0.25, 0.3) is 0 Å². The highest BCUT2D eigenvalue weighted by atomic mass is 16.5. The van der Waals surface area contributed by atoms with Crippen molar-refractivity contribution in [2.45, 2.75) is 50.4 Å². The Bertz CT molecular complexity index is 909. The van der Waals surface area contributed by atoms with E-state index in [1.807, 2.05) is 24.3 Å². The summed E-state index contributed by atoms with van der Waals surface area (Å²) in [7, 11) is 1.79. The van der Waals surface area contributed by atoms with Gasteiger partial charge in [-0.25, -0.2) is 4.79 Å². The minimum Gasteiger partial charge on any atom is -0.496 e. The van der Waals surface area contributed by atoms with Crippen molar-refractivity contribution in [1.29, 1.82) is 0 Å². The Morgan fingerprint density at radius 1 is 1.00 bits per heavy atom. The van der Waals surface area contributed by atoms with E-state index < -0.39 is 0 Å². The molecule has 0 atom stereocenters. The lowest BCUT2D eigenvalue weighted by Crippen LogP contribution is -2.48. The summed E-state index contributed by atoms with van der Waals surface area (Å²) in [4.78, 5) is 12.0. The molecule has 4 saturated carbocycles. The normalized spacial score (nSPS) is 29.3. The summed E-state index contributed by atoms with van der Waals surface area (Å²) in [6, 6.07) is 15.8. The third-order valence-electron chi connectivity index (χ3n) is 7.51. The molecule has 0 aromatic heterocycles. The van der Waals surface area contributed by atoms with E-state index in [9.17, 15) is 4.79 Å². The Kier molecular flexibility index (Phi) is 5.14. The highest BCUT2D eigenvalue weighted by Gasteiger charge is 2.52. The number of esters is 1. The number of carbonyl (C=O) groups is 1. The van der Waals surface area contributed by atoms with Crippen molar-refractivity contribution in [1.82, 2.24) is 0 Å². The van der Waals surface area contributed by atoms with Crippen molar-refractivity contribution in [2.75, 3.05) is 7.11 Å². The minimum absolute atomic E-state index is 0.332. The molecule has 156 valence electrons. The molecule has 30 heavy (non-hydrogen) atoms.